The van der Waals surface area contributed by atoms with Crippen LogP contribution in [0, 0.1) is 17.3 Å². The lowest BCUT2D eigenvalue weighted by Crippen LogP contribution is -2.52. The van der Waals surface area contributed by atoms with Crippen LogP contribution in [0.3, 0.4) is 0 Å². The van der Waals surface area contributed by atoms with Crippen molar-refractivity contribution in [2.45, 2.75) is 69.7 Å². The molecule has 0 N–H and O–H groups in total. The fourth-order valence-corrected chi connectivity index (χ4v) is 8.67. The van der Waals surface area contributed by atoms with E-state index in [1.807, 2.05) is 0 Å². The summed E-state index contributed by atoms with van der Waals surface area (Å²) in [6.45, 7) is 2.29. The van der Waals surface area contributed by atoms with E-state index in [-0.39, 0.29) is 5.04 Å². The largest absolute Gasteiger partial charge is 0.510 e. The average molecular weight is 365 g/mol. The maximum Gasteiger partial charge on any atom is 0.510 e. The zero-order valence-corrected chi connectivity index (χ0v) is 17.6. The third-order valence-electron chi connectivity index (χ3n) is 7.12. The van der Waals surface area contributed by atoms with Crippen molar-refractivity contribution in [3.8, 4) is 0 Å². The first-order valence-electron chi connectivity index (χ1n) is 10.1. The van der Waals surface area contributed by atoms with Crippen LogP contribution in [0.5, 0.6) is 0 Å². The molecule has 2 fully saturated rings. The van der Waals surface area contributed by atoms with Crippen molar-refractivity contribution in [3.63, 3.8) is 0 Å². The van der Waals surface area contributed by atoms with Crippen LogP contribution in [0.15, 0.2) is 24.3 Å². The molecule has 0 aromatic heterocycles. The predicted octanol–water partition coefficient (Wildman–Crippen LogP) is 5.51. The topological polar surface area (TPSA) is 27.7 Å². The Morgan fingerprint density at radius 3 is 1.92 bits per heavy atom. The van der Waals surface area contributed by atoms with Gasteiger partial charge in [0, 0.05) is 21.3 Å². The Morgan fingerprint density at radius 1 is 0.920 bits per heavy atom. The zero-order chi connectivity index (χ0) is 18.0. The number of fused-ring (bicyclic) bond motifs is 4. The Kier molecular flexibility index (Phi) is 5.94. The van der Waals surface area contributed by atoms with Crippen molar-refractivity contribution in [1.82, 2.24) is 0 Å². The van der Waals surface area contributed by atoms with Crippen LogP contribution in [-0.2, 0) is 13.3 Å². The molecule has 142 valence electrons. The van der Waals surface area contributed by atoms with Crippen LogP contribution in [0.2, 0.25) is 5.04 Å². The molecule has 0 aromatic rings. The SMILES string of the molecule is CCCCC12C=CC(CC1)C2.CO[Si](OC)(OC)C12C=CC(CC1)C2. The van der Waals surface area contributed by atoms with Crippen LogP contribution < -0.4 is 0 Å². The maximum absolute atomic E-state index is 5.58. The molecule has 4 atom stereocenters. The summed E-state index contributed by atoms with van der Waals surface area (Å²) in [4.78, 5) is 0. The normalized spacial score (nSPS) is 37.6. The van der Waals surface area contributed by atoms with E-state index in [1.54, 1.807) is 21.3 Å². The molecular weight excluding hydrogens is 328 g/mol. The van der Waals surface area contributed by atoms with Gasteiger partial charge in [-0.2, -0.15) is 0 Å². The van der Waals surface area contributed by atoms with Gasteiger partial charge in [0.25, 0.3) is 0 Å². The molecule has 25 heavy (non-hydrogen) atoms. The van der Waals surface area contributed by atoms with Gasteiger partial charge in [-0.1, -0.05) is 44.1 Å². The fraction of sp³-hybridized carbons (Fsp3) is 0.810. The van der Waals surface area contributed by atoms with Crippen LogP contribution in [0.25, 0.3) is 0 Å². The second-order valence-corrected chi connectivity index (χ2v) is 11.8. The third kappa shape index (κ3) is 3.43. The van der Waals surface area contributed by atoms with Gasteiger partial charge in [0.15, 0.2) is 0 Å². The average Bonchev–Trinajstić information content (AvgIpc) is 3.43. The van der Waals surface area contributed by atoms with Gasteiger partial charge in [-0.3, -0.25) is 0 Å². The highest BCUT2D eigenvalue weighted by Gasteiger charge is 2.62. The molecule has 3 nitrogen and oxygen atoms in total. The molecule has 4 unspecified atom stereocenters. The molecule has 4 aliphatic carbocycles. The molecule has 2 saturated carbocycles. The molecule has 0 aromatic carbocycles. The van der Waals surface area contributed by atoms with Gasteiger partial charge in [-0.25, -0.2) is 0 Å². The predicted molar refractivity (Wildman–Crippen MR) is 104 cm³/mol. The van der Waals surface area contributed by atoms with Crippen LogP contribution >= 0.6 is 0 Å². The summed E-state index contributed by atoms with van der Waals surface area (Å²) in [6, 6.07) is 0. The summed E-state index contributed by atoms with van der Waals surface area (Å²) < 4.78 is 16.8. The monoisotopic (exact) mass is 364 g/mol. The molecule has 0 heterocycles. The van der Waals surface area contributed by atoms with E-state index in [4.69, 9.17) is 13.3 Å². The highest BCUT2D eigenvalue weighted by molar-refractivity contribution is 6.65. The lowest BCUT2D eigenvalue weighted by Gasteiger charge is -2.38. The van der Waals surface area contributed by atoms with Gasteiger partial charge < -0.3 is 13.3 Å². The number of unbranched alkanes of at least 4 members (excludes halogenated alkanes) is 1. The zero-order valence-electron chi connectivity index (χ0n) is 16.6. The van der Waals surface area contributed by atoms with Crippen LogP contribution in [-0.4, -0.2) is 30.1 Å². The number of rotatable bonds is 7. The van der Waals surface area contributed by atoms with E-state index in [2.05, 4.69) is 31.2 Å². The van der Waals surface area contributed by atoms with E-state index in [0.717, 1.165) is 24.7 Å². The summed E-state index contributed by atoms with van der Waals surface area (Å²) in [5.41, 5.74) is 0.681. The molecule has 4 aliphatic rings. The lowest BCUT2D eigenvalue weighted by atomic mass is 9.83. The molecule has 0 spiro atoms. The Balaban J connectivity index is 0.000000150. The van der Waals surface area contributed by atoms with Gasteiger partial charge in [-0.05, 0) is 62.2 Å². The van der Waals surface area contributed by atoms with Crippen LogP contribution in [0.4, 0.5) is 0 Å². The molecule has 0 radical (unpaired) electrons. The van der Waals surface area contributed by atoms with Gasteiger partial charge in [0.1, 0.15) is 0 Å². The van der Waals surface area contributed by atoms with Crippen molar-refractivity contribution in [2.75, 3.05) is 21.3 Å². The van der Waals surface area contributed by atoms with E-state index >= 15 is 0 Å². The first kappa shape index (κ1) is 19.3. The van der Waals surface area contributed by atoms with E-state index in [0.29, 0.717) is 5.41 Å². The van der Waals surface area contributed by atoms with Crippen molar-refractivity contribution in [2.24, 2.45) is 17.3 Å². The van der Waals surface area contributed by atoms with Gasteiger partial charge in [-0.15, -0.1) is 0 Å². The maximum atomic E-state index is 5.58. The highest BCUT2D eigenvalue weighted by atomic mass is 28.4. The van der Waals surface area contributed by atoms with Crippen molar-refractivity contribution in [1.29, 1.82) is 0 Å². The minimum Gasteiger partial charge on any atom is -0.376 e. The first-order valence-corrected chi connectivity index (χ1v) is 11.8. The second kappa shape index (κ2) is 7.67. The third-order valence-corrected chi connectivity index (χ3v) is 10.6. The Hall–Kier alpha value is -0.423. The fourth-order valence-electron chi connectivity index (χ4n) is 5.69. The number of hydrogen-bond acceptors (Lipinski definition) is 3. The summed E-state index contributed by atoms with van der Waals surface area (Å²) >= 11 is 0. The first-order chi connectivity index (χ1) is 12.1. The Morgan fingerprint density at radius 2 is 1.56 bits per heavy atom. The number of hydrogen-bond donors (Lipinski definition) is 0. The molecular formula is C21H36O3Si. The van der Waals surface area contributed by atoms with Crippen LogP contribution in [0.1, 0.15) is 64.7 Å². The lowest BCUT2D eigenvalue weighted by molar-refractivity contribution is 0.0992. The van der Waals surface area contributed by atoms with Gasteiger partial charge in [0.2, 0.25) is 0 Å². The minimum atomic E-state index is -2.48. The van der Waals surface area contributed by atoms with Crippen molar-refractivity contribution >= 4 is 8.80 Å². The van der Waals surface area contributed by atoms with E-state index in [9.17, 15) is 0 Å². The number of allylic oxidation sites excluding steroid dienone is 4. The molecule has 0 saturated heterocycles. The standard InChI is InChI=1S/C11H18.C10H18O3Si/c1-2-3-6-11-7-4-10(9-11)5-8-11;1-11-14(12-2,13-3)10-6-4-9(8-10)5-7-10/h4,7,10H,2-3,5-6,8-9H2,1H3;4,6,9H,5,7-8H2,1-3H3. The quantitative estimate of drug-likeness (QED) is 0.440. The summed E-state index contributed by atoms with van der Waals surface area (Å²) in [6.07, 6.45) is 21.8. The minimum absolute atomic E-state index is 0.0654. The van der Waals surface area contributed by atoms with E-state index < -0.39 is 8.80 Å². The molecule has 4 bridgehead atoms. The van der Waals surface area contributed by atoms with Gasteiger partial charge in [0.05, 0.1) is 5.04 Å². The van der Waals surface area contributed by atoms with Crippen molar-refractivity contribution < 1.29 is 13.3 Å². The van der Waals surface area contributed by atoms with Gasteiger partial charge >= 0.3 is 8.80 Å². The Labute approximate surface area is 155 Å². The summed E-state index contributed by atoms with van der Waals surface area (Å²) in [5.74, 6) is 1.69. The van der Waals surface area contributed by atoms with Crippen molar-refractivity contribution in [3.05, 3.63) is 24.3 Å². The molecule has 4 heteroatoms. The second-order valence-electron chi connectivity index (χ2n) is 8.51. The smallest absolute Gasteiger partial charge is 0.376 e. The summed E-state index contributed by atoms with van der Waals surface area (Å²) in [5, 5.41) is 0.0654. The van der Waals surface area contributed by atoms with E-state index in [1.165, 1.54) is 44.9 Å². The molecule has 4 rings (SSSR count). The molecule has 0 aliphatic heterocycles. The molecule has 0 amide bonds. The summed E-state index contributed by atoms with van der Waals surface area (Å²) in [7, 11) is 2.63. The Bertz CT molecular complexity index is 505. The highest BCUT2D eigenvalue weighted by Crippen LogP contribution is 2.60.